The molecule has 9 aromatic carbocycles. The van der Waals surface area contributed by atoms with Crippen molar-refractivity contribution in [1.82, 2.24) is 9.13 Å². The van der Waals surface area contributed by atoms with Crippen molar-refractivity contribution in [3.05, 3.63) is 206 Å². The second-order valence-corrected chi connectivity index (χ2v) is 14.2. The minimum atomic E-state index is 1.16. The van der Waals surface area contributed by atoms with Crippen molar-refractivity contribution >= 4 is 54.4 Å². The van der Waals surface area contributed by atoms with E-state index < -0.39 is 0 Å². The Morgan fingerprint density at radius 3 is 1.43 bits per heavy atom. The number of hydrogen-bond donors (Lipinski definition) is 0. The first kappa shape index (κ1) is 30.5. The molecule has 0 amide bonds. The van der Waals surface area contributed by atoms with Crippen LogP contribution in [0.5, 0.6) is 0 Å². The zero-order valence-electron chi connectivity index (χ0n) is 29.5. The Kier molecular flexibility index (Phi) is 6.90. The van der Waals surface area contributed by atoms with Crippen LogP contribution in [0.15, 0.2) is 206 Å². The molecule has 0 aliphatic rings. The molecule has 0 fully saturated rings. The summed E-state index contributed by atoms with van der Waals surface area (Å²) in [5.74, 6) is 0. The third-order valence-electron chi connectivity index (χ3n) is 11.1. The average molecular weight is 687 g/mol. The number of benzene rings is 9. The van der Waals surface area contributed by atoms with Crippen molar-refractivity contribution in [2.24, 2.45) is 0 Å². The molecule has 0 bridgehead atoms. The van der Waals surface area contributed by atoms with Crippen molar-refractivity contribution in [3.63, 3.8) is 0 Å². The fourth-order valence-electron chi connectivity index (χ4n) is 8.47. The van der Waals surface area contributed by atoms with Gasteiger partial charge in [-0.05, 0) is 105 Å². The highest BCUT2D eigenvalue weighted by atomic mass is 15.0. The quantitative estimate of drug-likeness (QED) is 0.171. The monoisotopic (exact) mass is 686 g/mol. The van der Waals surface area contributed by atoms with Gasteiger partial charge in [-0.25, -0.2) is 0 Å². The van der Waals surface area contributed by atoms with E-state index in [1.807, 2.05) is 0 Å². The third kappa shape index (κ3) is 4.88. The van der Waals surface area contributed by atoms with Crippen LogP contribution in [-0.4, -0.2) is 9.13 Å². The maximum Gasteiger partial charge on any atom is 0.0547 e. The van der Waals surface area contributed by atoms with Crippen molar-refractivity contribution in [3.8, 4) is 44.8 Å². The molecule has 0 aliphatic heterocycles. The molecule has 11 aromatic rings. The Morgan fingerprint density at radius 2 is 0.685 bits per heavy atom. The van der Waals surface area contributed by atoms with Crippen molar-refractivity contribution < 1.29 is 0 Å². The van der Waals surface area contributed by atoms with Gasteiger partial charge in [-0.15, -0.1) is 0 Å². The summed E-state index contributed by atoms with van der Waals surface area (Å²) in [6.45, 7) is 0. The Morgan fingerprint density at radius 1 is 0.222 bits per heavy atom. The lowest BCUT2D eigenvalue weighted by Crippen LogP contribution is -1.94. The Bertz CT molecular complexity index is 3180. The molecule has 0 saturated heterocycles. The molecule has 0 saturated carbocycles. The standard InChI is InChI=1S/C52H34N2/c1-3-11-35(12-4-1)38-23-24-40-32-44(28-25-39(40)31-38)54-49-17-9-7-15-45(49)47-29-26-42(34-52(47)54)37-21-19-36(20-22-37)41-27-30-51-48(33-41)46-16-8-10-18-50(46)53(51)43-13-5-2-6-14-43/h1-34H. The van der Waals surface area contributed by atoms with E-state index in [1.165, 1.54) is 93.5 Å². The molecule has 2 aromatic heterocycles. The number of rotatable bonds is 5. The van der Waals surface area contributed by atoms with Gasteiger partial charge >= 0.3 is 0 Å². The average Bonchev–Trinajstić information content (AvgIpc) is 3.76. The molecule has 252 valence electrons. The molecule has 2 nitrogen and oxygen atoms in total. The van der Waals surface area contributed by atoms with Crippen LogP contribution in [0.25, 0.3) is 99.1 Å². The van der Waals surface area contributed by atoms with E-state index in [0.29, 0.717) is 0 Å². The zero-order valence-corrected chi connectivity index (χ0v) is 29.5. The summed E-state index contributed by atoms with van der Waals surface area (Å²) in [6.07, 6.45) is 0. The van der Waals surface area contributed by atoms with Gasteiger partial charge in [-0.3, -0.25) is 0 Å². The third-order valence-corrected chi connectivity index (χ3v) is 11.1. The SMILES string of the molecule is c1ccc(-c2ccc3cc(-n4c5ccccc5c5ccc(-c6ccc(-c7ccc8c(c7)c7ccccc7n8-c7ccccc7)cc6)cc54)ccc3c2)cc1. The first-order valence-electron chi connectivity index (χ1n) is 18.6. The fourth-order valence-corrected chi connectivity index (χ4v) is 8.47. The summed E-state index contributed by atoms with van der Waals surface area (Å²) < 4.78 is 4.79. The fraction of sp³-hybridized carbons (Fsp3) is 0. The maximum atomic E-state index is 2.42. The molecule has 0 N–H and O–H groups in total. The van der Waals surface area contributed by atoms with Gasteiger partial charge in [-0.2, -0.15) is 0 Å². The van der Waals surface area contributed by atoms with Crippen LogP contribution in [-0.2, 0) is 0 Å². The van der Waals surface area contributed by atoms with Gasteiger partial charge in [0.25, 0.3) is 0 Å². The van der Waals surface area contributed by atoms with Crippen molar-refractivity contribution in [2.45, 2.75) is 0 Å². The van der Waals surface area contributed by atoms with Gasteiger partial charge in [0.1, 0.15) is 0 Å². The Hall–Kier alpha value is -7.16. The molecule has 0 radical (unpaired) electrons. The topological polar surface area (TPSA) is 9.86 Å². The lowest BCUT2D eigenvalue weighted by Gasteiger charge is -2.11. The van der Waals surface area contributed by atoms with E-state index in [1.54, 1.807) is 0 Å². The summed E-state index contributed by atoms with van der Waals surface area (Å²) in [5, 5.41) is 7.52. The molecule has 11 rings (SSSR count). The van der Waals surface area contributed by atoms with Gasteiger partial charge in [0.2, 0.25) is 0 Å². The van der Waals surface area contributed by atoms with E-state index in [0.717, 1.165) is 5.69 Å². The minimum absolute atomic E-state index is 1.16. The highest BCUT2D eigenvalue weighted by molar-refractivity contribution is 6.11. The van der Waals surface area contributed by atoms with Gasteiger partial charge in [0.15, 0.2) is 0 Å². The molecule has 2 heterocycles. The molecule has 0 unspecified atom stereocenters. The van der Waals surface area contributed by atoms with Gasteiger partial charge in [0.05, 0.1) is 22.1 Å². The Balaban J connectivity index is 0.982. The number of fused-ring (bicyclic) bond motifs is 7. The van der Waals surface area contributed by atoms with Gasteiger partial charge in [0, 0.05) is 32.9 Å². The number of aromatic nitrogens is 2. The number of nitrogens with zero attached hydrogens (tertiary/aromatic N) is 2. The number of hydrogen-bond acceptors (Lipinski definition) is 0. The summed E-state index contributed by atoms with van der Waals surface area (Å²) in [6, 6.07) is 75.2. The van der Waals surface area contributed by atoms with E-state index in [-0.39, 0.29) is 0 Å². The van der Waals surface area contributed by atoms with E-state index in [4.69, 9.17) is 0 Å². The molecular weight excluding hydrogens is 653 g/mol. The van der Waals surface area contributed by atoms with Crippen LogP contribution in [0, 0.1) is 0 Å². The lowest BCUT2D eigenvalue weighted by atomic mass is 9.98. The van der Waals surface area contributed by atoms with Crippen molar-refractivity contribution in [2.75, 3.05) is 0 Å². The zero-order chi connectivity index (χ0) is 35.6. The highest BCUT2D eigenvalue weighted by Crippen LogP contribution is 2.38. The minimum Gasteiger partial charge on any atom is -0.309 e. The molecule has 2 heteroatoms. The Labute approximate surface area is 313 Å². The molecule has 0 spiro atoms. The van der Waals surface area contributed by atoms with Crippen LogP contribution >= 0.6 is 0 Å². The largest absolute Gasteiger partial charge is 0.309 e. The first-order valence-corrected chi connectivity index (χ1v) is 18.6. The van der Waals surface area contributed by atoms with Crippen LogP contribution in [0.3, 0.4) is 0 Å². The summed E-state index contributed by atoms with van der Waals surface area (Å²) >= 11 is 0. The smallest absolute Gasteiger partial charge is 0.0547 e. The van der Waals surface area contributed by atoms with E-state index >= 15 is 0 Å². The van der Waals surface area contributed by atoms with Crippen molar-refractivity contribution in [1.29, 1.82) is 0 Å². The van der Waals surface area contributed by atoms with Crippen LogP contribution in [0.2, 0.25) is 0 Å². The molecular formula is C52H34N2. The van der Waals surface area contributed by atoms with Crippen LogP contribution < -0.4 is 0 Å². The van der Waals surface area contributed by atoms with E-state index in [9.17, 15) is 0 Å². The number of para-hydroxylation sites is 3. The molecule has 0 aliphatic carbocycles. The highest BCUT2D eigenvalue weighted by Gasteiger charge is 2.16. The summed E-state index contributed by atoms with van der Waals surface area (Å²) in [5.41, 5.74) is 14.5. The normalized spacial score (nSPS) is 11.7. The second kappa shape index (κ2) is 12.2. The first-order chi connectivity index (χ1) is 26.8. The lowest BCUT2D eigenvalue weighted by molar-refractivity contribution is 1.18. The summed E-state index contributed by atoms with van der Waals surface area (Å²) in [7, 11) is 0. The van der Waals surface area contributed by atoms with Gasteiger partial charge < -0.3 is 9.13 Å². The molecule has 54 heavy (non-hydrogen) atoms. The van der Waals surface area contributed by atoms with Gasteiger partial charge in [-0.1, -0.05) is 146 Å². The van der Waals surface area contributed by atoms with E-state index in [2.05, 4.69) is 215 Å². The summed E-state index contributed by atoms with van der Waals surface area (Å²) in [4.78, 5) is 0. The predicted molar refractivity (Wildman–Crippen MR) is 229 cm³/mol. The van der Waals surface area contributed by atoms with Crippen LogP contribution in [0.1, 0.15) is 0 Å². The maximum absolute atomic E-state index is 2.42. The predicted octanol–water partition coefficient (Wildman–Crippen LogP) is 14.0. The van der Waals surface area contributed by atoms with Crippen LogP contribution in [0.4, 0.5) is 0 Å². The second-order valence-electron chi connectivity index (χ2n) is 14.2. The molecule has 0 atom stereocenters.